The number of nitrogens with zero attached hydrogens (tertiary/aromatic N) is 2. The minimum atomic E-state index is -4.05. The minimum Gasteiger partial charge on any atom is -0.480 e. The molecule has 1 aliphatic rings. The third kappa shape index (κ3) is 17.9. The number of aryl methyl sites for hydroxylation is 1. The molecule has 1 aliphatic heterocycles. The van der Waals surface area contributed by atoms with Gasteiger partial charge in [-0.05, 0) is 78.0 Å². The molecule has 0 saturated carbocycles. The number of benzene rings is 2. The first kappa shape index (κ1) is 51.6. The number of carboxylic acids is 1. The summed E-state index contributed by atoms with van der Waals surface area (Å²) in [7, 11) is -4.05. The number of carboxylic acid groups (broad SMARTS) is 1. The number of carbonyl (C=O) groups excluding carboxylic acids is 7. The zero-order valence-corrected chi connectivity index (χ0v) is 37.2. The molecule has 0 spiro atoms. The van der Waals surface area contributed by atoms with Crippen molar-refractivity contribution >= 4 is 63.5 Å². The van der Waals surface area contributed by atoms with E-state index < -0.39 is 113 Å². The third-order valence-corrected chi connectivity index (χ3v) is 10.7. The summed E-state index contributed by atoms with van der Waals surface area (Å²) < 4.78 is 32.8. The quantitative estimate of drug-likeness (QED) is 0.0410. The lowest BCUT2D eigenvalue weighted by Crippen LogP contribution is -2.57. The van der Waals surface area contributed by atoms with Gasteiger partial charge in [-0.1, -0.05) is 48.0 Å². The van der Waals surface area contributed by atoms with E-state index in [0.29, 0.717) is 12.0 Å². The van der Waals surface area contributed by atoms with Crippen molar-refractivity contribution in [3.63, 3.8) is 0 Å². The Morgan fingerprint density at radius 3 is 2.17 bits per heavy atom. The highest BCUT2D eigenvalue weighted by Gasteiger charge is 2.35. The topological polar surface area (TPSA) is 326 Å². The molecule has 2 aromatic carbocycles. The molecule has 10 N–H and O–H groups in total. The second-order valence-corrected chi connectivity index (χ2v) is 17.5. The fourth-order valence-electron chi connectivity index (χ4n) is 6.16. The summed E-state index contributed by atoms with van der Waals surface area (Å²) in [4.78, 5) is 108. The van der Waals surface area contributed by atoms with Gasteiger partial charge in [-0.15, -0.1) is 0 Å². The van der Waals surface area contributed by atoms with Crippen LogP contribution in [0.5, 0.6) is 0 Å². The van der Waals surface area contributed by atoms with Gasteiger partial charge in [0.25, 0.3) is 10.0 Å². The number of aliphatic carboxylic acids is 1. The van der Waals surface area contributed by atoms with Crippen LogP contribution in [0.15, 0.2) is 64.5 Å². The lowest BCUT2D eigenvalue weighted by molar-refractivity contribution is -0.138. The van der Waals surface area contributed by atoms with Gasteiger partial charge in [-0.2, -0.15) is 0 Å². The number of alkyl carbamates (subject to hydrolysis) is 1. The molecule has 3 rings (SSSR count). The first-order chi connectivity index (χ1) is 30.0. The van der Waals surface area contributed by atoms with Gasteiger partial charge in [0.2, 0.25) is 41.4 Å². The number of nitrogens with two attached hydrogens (primary N) is 1. The lowest BCUT2D eigenvalue weighted by atomic mass is 10.0. The molecule has 1 heterocycles. The van der Waals surface area contributed by atoms with Crippen LogP contribution >= 0.6 is 0 Å². The van der Waals surface area contributed by atoms with Crippen LogP contribution in [-0.4, -0.2) is 134 Å². The molecule has 0 aromatic heterocycles. The van der Waals surface area contributed by atoms with E-state index in [9.17, 15) is 46.8 Å². The number of hydrogen-bond donors (Lipinski definition) is 9. The number of ether oxygens (including phenoxy) is 1. The summed E-state index contributed by atoms with van der Waals surface area (Å²) in [6.07, 6.45) is -0.116. The lowest BCUT2D eigenvalue weighted by Gasteiger charge is -2.25. The smallest absolute Gasteiger partial charge is 0.408 e. The van der Waals surface area contributed by atoms with Gasteiger partial charge in [0, 0.05) is 19.5 Å². The van der Waals surface area contributed by atoms with Gasteiger partial charge in [-0.3, -0.25) is 38.6 Å². The van der Waals surface area contributed by atoms with Crippen molar-refractivity contribution in [3.8, 4) is 0 Å². The van der Waals surface area contributed by atoms with Crippen LogP contribution in [0.1, 0.15) is 64.5 Å². The van der Waals surface area contributed by atoms with Gasteiger partial charge in [0.15, 0.2) is 0 Å². The van der Waals surface area contributed by atoms with E-state index in [2.05, 4.69) is 41.6 Å². The number of likely N-dealkylation sites (tertiary alicyclic amines) is 1. The number of amides is 7. The second kappa shape index (κ2) is 24.2. The van der Waals surface area contributed by atoms with Gasteiger partial charge < -0.3 is 52.4 Å². The molecule has 1 fully saturated rings. The van der Waals surface area contributed by atoms with Crippen molar-refractivity contribution in [2.24, 2.45) is 10.7 Å². The van der Waals surface area contributed by atoms with E-state index in [-0.39, 0.29) is 43.7 Å². The predicted molar refractivity (Wildman–Crippen MR) is 231 cm³/mol. The monoisotopic (exact) mass is 914 g/mol. The van der Waals surface area contributed by atoms with Crippen LogP contribution in [0.4, 0.5) is 4.79 Å². The zero-order chi connectivity index (χ0) is 47.6. The molecule has 1 saturated heterocycles. The van der Waals surface area contributed by atoms with E-state index in [1.165, 1.54) is 24.0 Å². The number of hydrogen-bond acceptors (Lipinski definition) is 12. The van der Waals surface area contributed by atoms with Crippen LogP contribution in [0, 0.1) is 6.92 Å². The van der Waals surface area contributed by atoms with Crippen molar-refractivity contribution in [1.29, 1.82) is 0 Å². The van der Waals surface area contributed by atoms with Crippen molar-refractivity contribution < 1.29 is 56.6 Å². The van der Waals surface area contributed by atoms with E-state index in [4.69, 9.17) is 15.6 Å². The average Bonchev–Trinajstić information content (AvgIpc) is 3.72. The average molecular weight is 915 g/mol. The van der Waals surface area contributed by atoms with Gasteiger partial charge in [0.1, 0.15) is 42.9 Å². The van der Waals surface area contributed by atoms with E-state index in [1.54, 1.807) is 70.2 Å². The molecule has 2 aromatic rings. The molecule has 350 valence electrons. The Hall–Kier alpha value is -6.78. The molecule has 7 amide bonds. The Labute approximate surface area is 371 Å². The van der Waals surface area contributed by atoms with Crippen LogP contribution in [0.25, 0.3) is 0 Å². The highest BCUT2D eigenvalue weighted by atomic mass is 32.2. The van der Waals surface area contributed by atoms with Gasteiger partial charge >= 0.3 is 12.1 Å². The van der Waals surface area contributed by atoms with Gasteiger partial charge in [0.05, 0.1) is 11.4 Å². The SMILES string of the molecule is Cc1ccc(S(=O)(=O)NC(N)=NCCC[C@H](NC(=O)CNC(=O)[C@@H]2CCCN2C(=O)CNC(=O)OC(C)(C)C)C(=O)N[C@@H](C)C(=O)N[C@@H](Cc2ccccc2)C(=O)NCC(=O)O)cc1. The number of guanidine groups is 1. The summed E-state index contributed by atoms with van der Waals surface area (Å²) in [5, 5.41) is 23.6. The number of nitrogens with one attached hydrogen (secondary N) is 7. The highest BCUT2D eigenvalue weighted by Crippen LogP contribution is 2.18. The molecular formula is C41H58N10O12S. The first-order valence-corrected chi connectivity index (χ1v) is 21.9. The summed E-state index contributed by atoms with van der Waals surface area (Å²) in [5.41, 5.74) is 6.55. The number of rotatable bonds is 21. The Morgan fingerprint density at radius 2 is 1.53 bits per heavy atom. The molecule has 0 radical (unpaired) electrons. The maximum absolute atomic E-state index is 13.7. The fraction of sp³-hybridized carbons (Fsp3) is 0.488. The van der Waals surface area contributed by atoms with Crippen LogP contribution in [0.3, 0.4) is 0 Å². The Balaban J connectivity index is 1.68. The molecule has 64 heavy (non-hydrogen) atoms. The van der Waals surface area contributed by atoms with Crippen molar-refractivity contribution in [2.45, 2.75) is 101 Å². The van der Waals surface area contributed by atoms with Crippen molar-refractivity contribution in [2.75, 3.05) is 32.7 Å². The highest BCUT2D eigenvalue weighted by molar-refractivity contribution is 7.90. The summed E-state index contributed by atoms with van der Waals surface area (Å²) >= 11 is 0. The normalized spacial score (nSPS) is 15.4. The molecule has 0 unspecified atom stereocenters. The standard InChI is InChI=1S/C41H58N10O12S/c1-25-15-17-28(18-16-25)64(61,62)50-39(42)43-19-9-13-29(37(58)47-26(2)35(56)49-30(36(57)45-24-34(54)55)21-27-11-7-6-8-12-27)48-32(52)22-44-38(59)31-14-10-20-51(31)33(53)23-46-40(60)63-41(3,4)5/h6-8,11-12,15-18,26,29-31H,9-10,13-14,19-24H2,1-5H3,(H,44,59)(H,45,57)(H,46,60)(H,47,58)(H,48,52)(H,49,56)(H,54,55)(H3,42,43,50)/t26-,29-,30-,31-/m0/s1. The predicted octanol–water partition coefficient (Wildman–Crippen LogP) is -1.08. The fourth-order valence-corrected chi connectivity index (χ4v) is 7.12. The van der Waals surface area contributed by atoms with Crippen LogP contribution in [-0.2, 0) is 54.7 Å². The number of sulfonamides is 1. The van der Waals surface area contributed by atoms with E-state index in [0.717, 1.165) is 5.56 Å². The molecule has 0 aliphatic carbocycles. The van der Waals surface area contributed by atoms with E-state index in [1.807, 2.05) is 0 Å². The van der Waals surface area contributed by atoms with Crippen LogP contribution in [0.2, 0.25) is 0 Å². The molecule has 4 atom stereocenters. The van der Waals surface area contributed by atoms with Crippen LogP contribution < -0.4 is 42.4 Å². The summed E-state index contributed by atoms with van der Waals surface area (Å²) in [5.74, 6) is -6.19. The maximum atomic E-state index is 13.7. The number of aliphatic imine (C=N–C) groups is 1. The second-order valence-electron chi connectivity index (χ2n) is 15.9. The maximum Gasteiger partial charge on any atom is 0.408 e. The minimum absolute atomic E-state index is 0.0102. The van der Waals surface area contributed by atoms with E-state index >= 15 is 0 Å². The molecule has 23 heteroatoms. The van der Waals surface area contributed by atoms with Crippen molar-refractivity contribution in [1.82, 2.24) is 41.5 Å². The van der Waals surface area contributed by atoms with Crippen molar-refractivity contribution in [3.05, 3.63) is 65.7 Å². The third-order valence-electron chi connectivity index (χ3n) is 9.32. The zero-order valence-electron chi connectivity index (χ0n) is 36.4. The Kier molecular flexibility index (Phi) is 19.5. The molecule has 22 nitrogen and oxygen atoms in total. The molecule has 0 bridgehead atoms. The first-order valence-electron chi connectivity index (χ1n) is 20.4. The molecular weight excluding hydrogens is 857 g/mol. The number of carbonyl (C=O) groups is 8. The largest absolute Gasteiger partial charge is 0.480 e. The summed E-state index contributed by atoms with van der Waals surface area (Å²) in [6.45, 7) is 6.47. The Bertz CT molecular complexity index is 2130. The summed E-state index contributed by atoms with van der Waals surface area (Å²) in [6, 6.07) is 9.80. The Morgan fingerprint density at radius 1 is 0.859 bits per heavy atom. The van der Waals surface area contributed by atoms with Gasteiger partial charge in [-0.25, -0.2) is 17.9 Å².